The highest BCUT2D eigenvalue weighted by Crippen LogP contribution is 2.30. The van der Waals surface area contributed by atoms with Gasteiger partial charge in [-0.25, -0.2) is 4.98 Å². The number of rotatable bonds is 4. The molecule has 0 bridgehead atoms. The number of anilines is 2. The molecule has 1 saturated heterocycles. The molecule has 2 heterocycles. The Labute approximate surface area is 122 Å². The molecule has 20 heavy (non-hydrogen) atoms. The summed E-state index contributed by atoms with van der Waals surface area (Å²) in [6.07, 6.45) is 10.1. The van der Waals surface area contributed by atoms with E-state index < -0.39 is 0 Å². The topological polar surface area (TPSA) is 28.2 Å². The summed E-state index contributed by atoms with van der Waals surface area (Å²) in [5, 5.41) is 3.68. The highest BCUT2D eigenvalue weighted by Gasteiger charge is 2.20. The van der Waals surface area contributed by atoms with E-state index in [1.165, 1.54) is 44.2 Å². The van der Waals surface area contributed by atoms with E-state index >= 15 is 0 Å². The maximum absolute atomic E-state index is 4.60. The highest BCUT2D eigenvalue weighted by molar-refractivity contribution is 5.65. The van der Waals surface area contributed by atoms with Gasteiger partial charge in [-0.1, -0.05) is 19.8 Å². The minimum absolute atomic E-state index is 0.838. The van der Waals surface area contributed by atoms with Crippen molar-refractivity contribution >= 4 is 11.5 Å². The fourth-order valence-electron chi connectivity index (χ4n) is 3.72. The summed E-state index contributed by atoms with van der Waals surface area (Å²) in [6.45, 7) is 5.82. The van der Waals surface area contributed by atoms with E-state index in [2.05, 4.69) is 28.2 Å². The van der Waals surface area contributed by atoms with Crippen LogP contribution >= 0.6 is 0 Å². The molecule has 1 saturated carbocycles. The highest BCUT2D eigenvalue weighted by atomic mass is 15.2. The molecule has 2 fully saturated rings. The van der Waals surface area contributed by atoms with Gasteiger partial charge in [0.25, 0.3) is 0 Å². The van der Waals surface area contributed by atoms with Crippen LogP contribution in [0.25, 0.3) is 0 Å². The van der Waals surface area contributed by atoms with Crippen molar-refractivity contribution in [2.45, 2.75) is 45.4 Å². The summed E-state index contributed by atoms with van der Waals surface area (Å²) >= 11 is 0. The molecule has 2 aliphatic rings. The molecule has 0 spiro atoms. The molecule has 1 aliphatic heterocycles. The van der Waals surface area contributed by atoms with E-state index in [-0.39, 0.29) is 0 Å². The summed E-state index contributed by atoms with van der Waals surface area (Å²) < 4.78 is 0. The summed E-state index contributed by atoms with van der Waals surface area (Å²) in [6, 6.07) is 4.23. The molecule has 1 aromatic rings. The molecule has 1 aromatic heterocycles. The van der Waals surface area contributed by atoms with Gasteiger partial charge < -0.3 is 10.2 Å². The second-order valence-corrected chi connectivity index (χ2v) is 6.59. The lowest BCUT2D eigenvalue weighted by molar-refractivity contribution is 0.293. The van der Waals surface area contributed by atoms with Crippen molar-refractivity contribution in [1.82, 2.24) is 4.98 Å². The average Bonchev–Trinajstić information content (AvgIpc) is 3.00. The maximum atomic E-state index is 4.60. The molecule has 3 rings (SSSR count). The second kappa shape index (κ2) is 6.47. The molecule has 3 nitrogen and oxygen atoms in total. The molecule has 0 amide bonds. The van der Waals surface area contributed by atoms with Crippen molar-refractivity contribution in [2.24, 2.45) is 11.8 Å². The fourth-order valence-corrected chi connectivity index (χ4v) is 3.72. The Hall–Kier alpha value is -1.25. The minimum atomic E-state index is 0.838. The quantitative estimate of drug-likeness (QED) is 0.901. The number of hydrogen-bond acceptors (Lipinski definition) is 3. The molecule has 0 radical (unpaired) electrons. The number of nitrogens with one attached hydrogen (secondary N) is 1. The van der Waals surface area contributed by atoms with Gasteiger partial charge in [-0.2, -0.15) is 0 Å². The van der Waals surface area contributed by atoms with Gasteiger partial charge in [0.05, 0.1) is 5.69 Å². The van der Waals surface area contributed by atoms with Crippen molar-refractivity contribution in [1.29, 1.82) is 0 Å². The number of nitrogens with zero attached hydrogens (tertiary/aromatic N) is 2. The van der Waals surface area contributed by atoms with Crippen molar-refractivity contribution in [3.63, 3.8) is 0 Å². The van der Waals surface area contributed by atoms with Crippen LogP contribution in [-0.2, 0) is 0 Å². The molecule has 0 aromatic carbocycles. The molecule has 2 atom stereocenters. The molecule has 1 N–H and O–H groups in total. The van der Waals surface area contributed by atoms with Crippen LogP contribution in [0.3, 0.4) is 0 Å². The monoisotopic (exact) mass is 273 g/mol. The standard InChI is InChI=1S/C17H27N3/c1-14-6-4-7-15(12-14)13-19-16-8-5-9-18-17(16)20-10-2-3-11-20/h5,8-9,14-15,19H,2-4,6-7,10-13H2,1H3. The maximum Gasteiger partial charge on any atom is 0.151 e. The lowest BCUT2D eigenvalue weighted by Gasteiger charge is -2.28. The Bertz CT molecular complexity index is 426. The lowest BCUT2D eigenvalue weighted by atomic mass is 9.82. The molecular weight excluding hydrogens is 246 g/mol. The number of hydrogen-bond donors (Lipinski definition) is 1. The van der Waals surface area contributed by atoms with Crippen LogP contribution in [0.2, 0.25) is 0 Å². The van der Waals surface area contributed by atoms with Gasteiger partial charge in [-0.05, 0) is 49.7 Å². The van der Waals surface area contributed by atoms with Gasteiger partial charge in [0.1, 0.15) is 0 Å². The first-order valence-corrected chi connectivity index (χ1v) is 8.27. The Morgan fingerprint density at radius 1 is 1.25 bits per heavy atom. The lowest BCUT2D eigenvalue weighted by Crippen LogP contribution is -2.24. The molecule has 110 valence electrons. The van der Waals surface area contributed by atoms with Crippen LogP contribution in [0.4, 0.5) is 11.5 Å². The number of pyridine rings is 1. The summed E-state index contributed by atoms with van der Waals surface area (Å²) in [7, 11) is 0. The van der Waals surface area contributed by atoms with E-state index in [4.69, 9.17) is 0 Å². The van der Waals surface area contributed by atoms with Crippen molar-refractivity contribution in [3.8, 4) is 0 Å². The summed E-state index contributed by atoms with van der Waals surface area (Å²) in [5.41, 5.74) is 1.23. The molecule has 1 aliphatic carbocycles. The normalized spacial score (nSPS) is 26.8. The van der Waals surface area contributed by atoms with Crippen LogP contribution in [-0.4, -0.2) is 24.6 Å². The van der Waals surface area contributed by atoms with E-state index in [1.54, 1.807) is 0 Å². The fraction of sp³-hybridized carbons (Fsp3) is 0.706. The van der Waals surface area contributed by atoms with Gasteiger partial charge in [0.2, 0.25) is 0 Å². The van der Waals surface area contributed by atoms with Crippen molar-refractivity contribution in [3.05, 3.63) is 18.3 Å². The summed E-state index contributed by atoms with van der Waals surface area (Å²) in [5.74, 6) is 2.90. The largest absolute Gasteiger partial charge is 0.382 e. The zero-order valence-electron chi connectivity index (χ0n) is 12.6. The smallest absolute Gasteiger partial charge is 0.151 e. The Kier molecular flexibility index (Phi) is 4.44. The molecular formula is C17H27N3. The Morgan fingerprint density at radius 2 is 2.10 bits per heavy atom. The van der Waals surface area contributed by atoms with Gasteiger partial charge in [-0.15, -0.1) is 0 Å². The van der Waals surface area contributed by atoms with Crippen LogP contribution in [0.5, 0.6) is 0 Å². The van der Waals surface area contributed by atoms with E-state index in [0.717, 1.165) is 37.3 Å². The minimum Gasteiger partial charge on any atom is -0.382 e. The zero-order valence-corrected chi connectivity index (χ0v) is 12.6. The molecule has 3 heteroatoms. The summed E-state index contributed by atoms with van der Waals surface area (Å²) in [4.78, 5) is 7.03. The van der Waals surface area contributed by atoms with Crippen LogP contribution in [0, 0.1) is 11.8 Å². The second-order valence-electron chi connectivity index (χ2n) is 6.59. The van der Waals surface area contributed by atoms with Crippen LogP contribution in [0.1, 0.15) is 45.4 Å². The first-order chi connectivity index (χ1) is 9.83. The first-order valence-electron chi connectivity index (χ1n) is 8.27. The van der Waals surface area contributed by atoms with Gasteiger partial charge in [0.15, 0.2) is 5.82 Å². The number of aromatic nitrogens is 1. The van der Waals surface area contributed by atoms with Crippen LogP contribution < -0.4 is 10.2 Å². The van der Waals surface area contributed by atoms with Crippen molar-refractivity contribution in [2.75, 3.05) is 29.9 Å². The SMILES string of the molecule is CC1CCCC(CNc2cccnc2N2CCCC2)C1. The van der Waals surface area contributed by atoms with Gasteiger partial charge >= 0.3 is 0 Å². The van der Waals surface area contributed by atoms with Crippen molar-refractivity contribution < 1.29 is 0 Å². The van der Waals surface area contributed by atoms with E-state index in [0.29, 0.717) is 0 Å². The van der Waals surface area contributed by atoms with Gasteiger partial charge in [-0.3, -0.25) is 0 Å². The predicted octanol–water partition coefficient (Wildman–Crippen LogP) is 3.92. The predicted molar refractivity (Wildman–Crippen MR) is 85.3 cm³/mol. The zero-order chi connectivity index (χ0) is 13.8. The van der Waals surface area contributed by atoms with E-state index in [9.17, 15) is 0 Å². The van der Waals surface area contributed by atoms with E-state index in [1.807, 2.05) is 12.3 Å². The third kappa shape index (κ3) is 3.25. The third-order valence-corrected chi connectivity index (χ3v) is 4.82. The third-order valence-electron chi connectivity index (χ3n) is 4.82. The average molecular weight is 273 g/mol. The first kappa shape index (κ1) is 13.7. The Balaban J connectivity index is 1.62. The Morgan fingerprint density at radius 3 is 2.90 bits per heavy atom. The van der Waals surface area contributed by atoms with Crippen LogP contribution in [0.15, 0.2) is 18.3 Å². The molecule has 2 unspecified atom stereocenters. The van der Waals surface area contributed by atoms with Gasteiger partial charge in [0, 0.05) is 25.8 Å².